The standard InChI is InChI=1S/C9H20N2/c1-4-5-6-7-11-9(10)8(2)3/h8H,4-7H2,1-3H3,(H2,10,11). The molecule has 0 aromatic heterocycles. The average Bonchev–Trinajstić information content (AvgIpc) is 1.97. The molecule has 0 saturated carbocycles. The third kappa shape index (κ3) is 5.89. The van der Waals surface area contributed by atoms with E-state index >= 15 is 0 Å². The van der Waals surface area contributed by atoms with Gasteiger partial charge in [0.2, 0.25) is 0 Å². The Labute approximate surface area is 69.9 Å². The molecule has 0 aromatic carbocycles. The smallest absolute Gasteiger partial charge is 0.0962 e. The van der Waals surface area contributed by atoms with E-state index in [2.05, 4.69) is 25.8 Å². The zero-order valence-corrected chi connectivity index (χ0v) is 7.93. The number of hydrogen-bond donors (Lipinski definition) is 1. The fourth-order valence-corrected chi connectivity index (χ4v) is 0.753. The fraction of sp³-hybridized carbons (Fsp3) is 0.889. The van der Waals surface area contributed by atoms with Gasteiger partial charge < -0.3 is 5.73 Å². The molecule has 0 spiro atoms. The Hall–Kier alpha value is -0.530. The van der Waals surface area contributed by atoms with Crippen molar-refractivity contribution in [3.05, 3.63) is 0 Å². The minimum absolute atomic E-state index is 0.400. The summed E-state index contributed by atoms with van der Waals surface area (Å²) < 4.78 is 0. The molecule has 0 saturated heterocycles. The maximum Gasteiger partial charge on any atom is 0.0962 e. The molecule has 0 aromatic rings. The zero-order chi connectivity index (χ0) is 8.69. The largest absolute Gasteiger partial charge is 0.387 e. The highest BCUT2D eigenvalue weighted by molar-refractivity contribution is 5.82. The summed E-state index contributed by atoms with van der Waals surface area (Å²) in [6.07, 6.45) is 3.68. The molecule has 66 valence electrons. The summed E-state index contributed by atoms with van der Waals surface area (Å²) in [5.41, 5.74) is 5.65. The predicted octanol–water partition coefficient (Wildman–Crippen LogP) is 2.19. The molecule has 0 aliphatic carbocycles. The van der Waals surface area contributed by atoms with Crippen LogP contribution in [0.4, 0.5) is 0 Å². The van der Waals surface area contributed by atoms with Crippen LogP contribution in [0.3, 0.4) is 0 Å². The molecular formula is C9H20N2. The summed E-state index contributed by atoms with van der Waals surface area (Å²) in [6, 6.07) is 0. The second kappa shape index (κ2) is 6.20. The fourth-order valence-electron chi connectivity index (χ4n) is 0.753. The van der Waals surface area contributed by atoms with Gasteiger partial charge in [-0.3, -0.25) is 4.99 Å². The van der Waals surface area contributed by atoms with Gasteiger partial charge >= 0.3 is 0 Å². The van der Waals surface area contributed by atoms with E-state index in [-0.39, 0.29) is 0 Å². The normalized spacial score (nSPS) is 12.5. The number of hydrogen-bond acceptors (Lipinski definition) is 1. The molecule has 0 heterocycles. The predicted molar refractivity (Wildman–Crippen MR) is 50.9 cm³/mol. The van der Waals surface area contributed by atoms with E-state index in [0.717, 1.165) is 12.4 Å². The molecule has 0 aliphatic rings. The van der Waals surface area contributed by atoms with Crippen molar-refractivity contribution in [1.82, 2.24) is 0 Å². The lowest BCUT2D eigenvalue weighted by Crippen LogP contribution is -2.19. The van der Waals surface area contributed by atoms with Gasteiger partial charge in [0.25, 0.3) is 0 Å². The van der Waals surface area contributed by atoms with Gasteiger partial charge in [0.1, 0.15) is 0 Å². The quantitative estimate of drug-likeness (QED) is 0.370. The average molecular weight is 156 g/mol. The highest BCUT2D eigenvalue weighted by Crippen LogP contribution is 1.96. The van der Waals surface area contributed by atoms with E-state index in [1.54, 1.807) is 0 Å². The Morgan fingerprint density at radius 2 is 2.00 bits per heavy atom. The van der Waals surface area contributed by atoms with Crippen molar-refractivity contribution in [2.45, 2.75) is 40.0 Å². The van der Waals surface area contributed by atoms with Crippen molar-refractivity contribution in [1.29, 1.82) is 0 Å². The van der Waals surface area contributed by atoms with Gasteiger partial charge in [-0.1, -0.05) is 33.6 Å². The topological polar surface area (TPSA) is 38.4 Å². The Morgan fingerprint density at radius 1 is 1.36 bits per heavy atom. The van der Waals surface area contributed by atoms with Crippen molar-refractivity contribution in [2.24, 2.45) is 16.6 Å². The highest BCUT2D eigenvalue weighted by Gasteiger charge is 1.96. The maximum absolute atomic E-state index is 5.65. The summed E-state index contributed by atoms with van der Waals surface area (Å²) in [4.78, 5) is 4.26. The van der Waals surface area contributed by atoms with Gasteiger partial charge in [-0.05, 0) is 6.42 Å². The van der Waals surface area contributed by atoms with Crippen LogP contribution in [0.15, 0.2) is 4.99 Å². The molecule has 0 atom stereocenters. The summed E-state index contributed by atoms with van der Waals surface area (Å²) in [5, 5.41) is 0. The Morgan fingerprint density at radius 3 is 2.45 bits per heavy atom. The third-order valence-electron chi connectivity index (χ3n) is 1.65. The first-order valence-electron chi connectivity index (χ1n) is 4.48. The summed E-state index contributed by atoms with van der Waals surface area (Å²) >= 11 is 0. The number of unbranched alkanes of at least 4 members (excludes halogenated alkanes) is 2. The first kappa shape index (κ1) is 10.5. The van der Waals surface area contributed by atoms with Crippen molar-refractivity contribution in [3.8, 4) is 0 Å². The molecule has 0 aliphatic heterocycles. The van der Waals surface area contributed by atoms with Crippen LogP contribution >= 0.6 is 0 Å². The van der Waals surface area contributed by atoms with Crippen LogP contribution in [0.25, 0.3) is 0 Å². The third-order valence-corrected chi connectivity index (χ3v) is 1.65. The van der Waals surface area contributed by atoms with Gasteiger partial charge in [-0.25, -0.2) is 0 Å². The van der Waals surface area contributed by atoms with E-state index < -0.39 is 0 Å². The number of nitrogens with zero attached hydrogens (tertiary/aromatic N) is 1. The number of rotatable bonds is 5. The summed E-state index contributed by atoms with van der Waals surface area (Å²) in [5.74, 6) is 1.19. The van der Waals surface area contributed by atoms with E-state index in [1.165, 1.54) is 19.3 Å². The minimum Gasteiger partial charge on any atom is -0.387 e. The van der Waals surface area contributed by atoms with E-state index in [9.17, 15) is 0 Å². The minimum atomic E-state index is 0.400. The van der Waals surface area contributed by atoms with Gasteiger partial charge in [-0.15, -0.1) is 0 Å². The zero-order valence-electron chi connectivity index (χ0n) is 7.93. The Kier molecular flexibility index (Phi) is 5.90. The van der Waals surface area contributed by atoms with Crippen LogP contribution in [0.2, 0.25) is 0 Å². The summed E-state index contributed by atoms with van der Waals surface area (Å²) in [7, 11) is 0. The monoisotopic (exact) mass is 156 g/mol. The molecule has 2 N–H and O–H groups in total. The van der Waals surface area contributed by atoms with E-state index in [0.29, 0.717) is 5.92 Å². The first-order valence-corrected chi connectivity index (χ1v) is 4.48. The number of nitrogens with two attached hydrogens (primary N) is 1. The Bertz CT molecular complexity index is 117. The second-order valence-electron chi connectivity index (χ2n) is 3.17. The number of aliphatic imine (C=N–C) groups is 1. The second-order valence-corrected chi connectivity index (χ2v) is 3.17. The SMILES string of the molecule is CCCCCN=C(N)C(C)C. The highest BCUT2D eigenvalue weighted by atomic mass is 14.8. The van der Waals surface area contributed by atoms with Gasteiger partial charge in [0.15, 0.2) is 0 Å². The van der Waals surface area contributed by atoms with Crippen molar-refractivity contribution in [3.63, 3.8) is 0 Å². The molecule has 0 unspecified atom stereocenters. The molecule has 2 nitrogen and oxygen atoms in total. The molecule has 2 heteroatoms. The van der Waals surface area contributed by atoms with Gasteiger partial charge in [-0.2, -0.15) is 0 Å². The Balaban J connectivity index is 3.40. The summed E-state index contributed by atoms with van der Waals surface area (Å²) in [6.45, 7) is 7.23. The van der Waals surface area contributed by atoms with Gasteiger partial charge in [0.05, 0.1) is 5.84 Å². The van der Waals surface area contributed by atoms with Crippen LogP contribution in [0.5, 0.6) is 0 Å². The molecule has 0 radical (unpaired) electrons. The van der Waals surface area contributed by atoms with Crippen molar-refractivity contribution in [2.75, 3.05) is 6.54 Å². The van der Waals surface area contributed by atoms with E-state index in [4.69, 9.17) is 5.73 Å². The lowest BCUT2D eigenvalue weighted by molar-refractivity contribution is 0.721. The van der Waals surface area contributed by atoms with Crippen LogP contribution < -0.4 is 5.73 Å². The lowest BCUT2D eigenvalue weighted by atomic mass is 10.2. The van der Waals surface area contributed by atoms with Crippen LogP contribution in [-0.2, 0) is 0 Å². The van der Waals surface area contributed by atoms with Crippen molar-refractivity contribution >= 4 is 5.84 Å². The molecule has 0 rings (SSSR count). The molecule has 0 bridgehead atoms. The first-order chi connectivity index (χ1) is 5.18. The molecule has 0 amide bonds. The maximum atomic E-state index is 5.65. The molecular weight excluding hydrogens is 136 g/mol. The molecule has 11 heavy (non-hydrogen) atoms. The van der Waals surface area contributed by atoms with E-state index in [1.807, 2.05) is 0 Å². The molecule has 0 fully saturated rings. The lowest BCUT2D eigenvalue weighted by Gasteiger charge is -2.02. The van der Waals surface area contributed by atoms with Crippen LogP contribution in [-0.4, -0.2) is 12.4 Å². The van der Waals surface area contributed by atoms with Gasteiger partial charge in [0, 0.05) is 12.5 Å². The van der Waals surface area contributed by atoms with Crippen LogP contribution in [0.1, 0.15) is 40.0 Å². The number of amidine groups is 1. The van der Waals surface area contributed by atoms with Crippen molar-refractivity contribution < 1.29 is 0 Å². The van der Waals surface area contributed by atoms with Crippen LogP contribution in [0, 0.1) is 5.92 Å².